The number of Topliss-reactive ketones (excluding diaryl/α,β-unsaturated/α-hetero) is 1. The first kappa shape index (κ1) is 15.6. The summed E-state index contributed by atoms with van der Waals surface area (Å²) >= 11 is 0. The van der Waals surface area contributed by atoms with Crippen LogP contribution in [-0.2, 0) is 4.79 Å². The minimum absolute atomic E-state index is 0.115. The van der Waals surface area contributed by atoms with Crippen LogP contribution in [0.3, 0.4) is 0 Å². The number of ketones is 1. The van der Waals surface area contributed by atoms with Gasteiger partial charge in [0.25, 0.3) is 0 Å². The standard InChI is InChI=1S/C15H18F2N2O2/c1-15(2)14(21)18(3)7-8-19(15)9-12(20)13-10(16)5-4-6-11(13)17/h4-6H,7-9H2,1-3H3. The monoisotopic (exact) mass is 296 g/mol. The molecule has 0 N–H and O–H groups in total. The minimum atomic E-state index is -0.877. The van der Waals surface area contributed by atoms with Crippen molar-refractivity contribution < 1.29 is 18.4 Å². The van der Waals surface area contributed by atoms with Gasteiger partial charge < -0.3 is 4.90 Å². The van der Waals surface area contributed by atoms with E-state index >= 15 is 0 Å². The van der Waals surface area contributed by atoms with Gasteiger partial charge in [0, 0.05) is 20.1 Å². The lowest BCUT2D eigenvalue weighted by Gasteiger charge is -2.44. The number of rotatable bonds is 3. The summed E-state index contributed by atoms with van der Waals surface area (Å²) in [6.07, 6.45) is 0. The maximum atomic E-state index is 13.6. The van der Waals surface area contributed by atoms with Gasteiger partial charge in [0.15, 0.2) is 5.78 Å². The summed E-state index contributed by atoms with van der Waals surface area (Å²) in [5.41, 5.74) is -1.41. The summed E-state index contributed by atoms with van der Waals surface area (Å²) in [5.74, 6) is -2.52. The Hall–Kier alpha value is -1.82. The Labute approximate surface area is 122 Å². The van der Waals surface area contributed by atoms with E-state index in [2.05, 4.69) is 0 Å². The zero-order valence-corrected chi connectivity index (χ0v) is 12.3. The first-order valence-electron chi connectivity index (χ1n) is 6.73. The Balaban J connectivity index is 2.22. The number of piperazine rings is 1. The largest absolute Gasteiger partial charge is 0.343 e. The van der Waals surface area contributed by atoms with Gasteiger partial charge >= 0.3 is 0 Å². The molecule has 1 fully saturated rings. The van der Waals surface area contributed by atoms with Gasteiger partial charge in [-0.3, -0.25) is 14.5 Å². The van der Waals surface area contributed by atoms with E-state index in [4.69, 9.17) is 0 Å². The van der Waals surface area contributed by atoms with Crippen LogP contribution in [0.25, 0.3) is 0 Å². The maximum Gasteiger partial charge on any atom is 0.242 e. The molecule has 21 heavy (non-hydrogen) atoms. The second-order valence-corrected chi connectivity index (χ2v) is 5.73. The number of amides is 1. The molecule has 6 heteroatoms. The molecule has 1 amide bonds. The van der Waals surface area contributed by atoms with Crippen molar-refractivity contribution in [2.24, 2.45) is 0 Å². The van der Waals surface area contributed by atoms with Crippen LogP contribution in [0.4, 0.5) is 8.78 Å². The fraction of sp³-hybridized carbons (Fsp3) is 0.467. The summed E-state index contributed by atoms with van der Waals surface area (Å²) < 4.78 is 27.3. The van der Waals surface area contributed by atoms with Crippen molar-refractivity contribution in [1.29, 1.82) is 0 Å². The molecule has 2 rings (SSSR count). The van der Waals surface area contributed by atoms with Crippen molar-refractivity contribution >= 4 is 11.7 Å². The number of nitrogens with zero attached hydrogens (tertiary/aromatic N) is 2. The van der Waals surface area contributed by atoms with Crippen molar-refractivity contribution in [2.45, 2.75) is 19.4 Å². The van der Waals surface area contributed by atoms with Crippen LogP contribution in [0, 0.1) is 11.6 Å². The van der Waals surface area contributed by atoms with E-state index in [-0.39, 0.29) is 12.5 Å². The highest BCUT2D eigenvalue weighted by Gasteiger charge is 2.41. The third-order valence-electron chi connectivity index (χ3n) is 3.94. The number of benzene rings is 1. The number of carbonyl (C=O) groups is 2. The molecular weight excluding hydrogens is 278 g/mol. The molecular formula is C15H18F2N2O2. The molecule has 0 atom stereocenters. The molecule has 1 aliphatic heterocycles. The van der Waals surface area contributed by atoms with Gasteiger partial charge in [-0.2, -0.15) is 0 Å². The van der Waals surface area contributed by atoms with Gasteiger partial charge in [0.2, 0.25) is 5.91 Å². The van der Waals surface area contributed by atoms with Gasteiger partial charge in [-0.15, -0.1) is 0 Å². The summed E-state index contributed by atoms with van der Waals surface area (Å²) in [6, 6.07) is 3.32. The SMILES string of the molecule is CN1CCN(CC(=O)c2c(F)cccc2F)C(C)(C)C1=O. The molecule has 0 unspecified atom stereocenters. The third-order valence-corrected chi connectivity index (χ3v) is 3.94. The molecule has 1 aromatic carbocycles. The van der Waals surface area contributed by atoms with E-state index in [1.807, 2.05) is 0 Å². The Morgan fingerprint density at radius 1 is 1.24 bits per heavy atom. The molecule has 1 aliphatic rings. The maximum absolute atomic E-state index is 13.6. The molecule has 0 aromatic heterocycles. The number of likely N-dealkylation sites (N-methyl/N-ethyl adjacent to an activating group) is 1. The lowest BCUT2D eigenvalue weighted by Crippen LogP contribution is -2.62. The Morgan fingerprint density at radius 2 is 1.81 bits per heavy atom. The highest BCUT2D eigenvalue weighted by Crippen LogP contribution is 2.23. The quantitative estimate of drug-likeness (QED) is 0.797. The molecule has 0 radical (unpaired) electrons. The average Bonchev–Trinajstić information content (AvgIpc) is 2.40. The number of carbonyl (C=O) groups excluding carboxylic acids is 2. The van der Waals surface area contributed by atoms with Crippen LogP contribution in [0.1, 0.15) is 24.2 Å². The lowest BCUT2D eigenvalue weighted by molar-refractivity contribution is -0.146. The number of hydrogen-bond acceptors (Lipinski definition) is 3. The van der Waals surface area contributed by atoms with Crippen LogP contribution < -0.4 is 0 Å². The van der Waals surface area contributed by atoms with Crippen molar-refractivity contribution in [1.82, 2.24) is 9.80 Å². The summed E-state index contributed by atoms with van der Waals surface area (Å²) in [5, 5.41) is 0. The van der Waals surface area contributed by atoms with Crippen LogP contribution in [0.2, 0.25) is 0 Å². The fourth-order valence-electron chi connectivity index (χ4n) is 2.55. The first-order chi connectivity index (χ1) is 9.75. The highest BCUT2D eigenvalue weighted by atomic mass is 19.1. The minimum Gasteiger partial charge on any atom is -0.343 e. The van der Waals surface area contributed by atoms with Crippen LogP contribution in [0.5, 0.6) is 0 Å². The van der Waals surface area contributed by atoms with Crippen molar-refractivity contribution in [3.8, 4) is 0 Å². The zero-order valence-electron chi connectivity index (χ0n) is 12.3. The molecule has 4 nitrogen and oxygen atoms in total. The van der Waals surface area contributed by atoms with Gasteiger partial charge in [0.1, 0.15) is 11.6 Å². The number of halogens is 2. The molecule has 114 valence electrons. The Kier molecular flexibility index (Phi) is 4.09. The summed E-state index contributed by atoms with van der Waals surface area (Å²) in [6.45, 7) is 4.18. The average molecular weight is 296 g/mol. The highest BCUT2D eigenvalue weighted by molar-refractivity contribution is 5.98. The smallest absolute Gasteiger partial charge is 0.242 e. The van der Waals surface area contributed by atoms with E-state index in [1.54, 1.807) is 30.7 Å². The first-order valence-corrected chi connectivity index (χ1v) is 6.73. The van der Waals surface area contributed by atoms with Crippen LogP contribution in [-0.4, -0.2) is 53.7 Å². The predicted octanol–water partition coefficient (Wildman–Crippen LogP) is 1.70. The second kappa shape index (κ2) is 5.52. The molecule has 0 saturated carbocycles. The van der Waals surface area contributed by atoms with Gasteiger partial charge in [0.05, 0.1) is 17.6 Å². The molecule has 0 bridgehead atoms. The van der Waals surface area contributed by atoms with E-state index in [1.165, 1.54) is 6.07 Å². The Bertz CT molecular complexity index is 567. The summed E-state index contributed by atoms with van der Waals surface area (Å²) in [7, 11) is 1.69. The van der Waals surface area contributed by atoms with E-state index in [0.717, 1.165) is 12.1 Å². The van der Waals surface area contributed by atoms with Crippen LogP contribution >= 0.6 is 0 Å². The molecule has 1 heterocycles. The van der Waals surface area contributed by atoms with Crippen LogP contribution in [0.15, 0.2) is 18.2 Å². The predicted molar refractivity (Wildman–Crippen MR) is 74.0 cm³/mol. The van der Waals surface area contributed by atoms with Gasteiger partial charge in [-0.1, -0.05) is 6.07 Å². The lowest BCUT2D eigenvalue weighted by atomic mass is 9.96. The zero-order chi connectivity index (χ0) is 15.8. The fourth-order valence-corrected chi connectivity index (χ4v) is 2.55. The van der Waals surface area contributed by atoms with Gasteiger partial charge in [-0.25, -0.2) is 8.78 Å². The number of hydrogen-bond donors (Lipinski definition) is 0. The van der Waals surface area contributed by atoms with E-state index in [9.17, 15) is 18.4 Å². The Morgan fingerprint density at radius 3 is 2.38 bits per heavy atom. The normalized spacial score (nSPS) is 18.9. The van der Waals surface area contributed by atoms with E-state index < -0.39 is 28.5 Å². The topological polar surface area (TPSA) is 40.6 Å². The molecule has 1 aromatic rings. The third kappa shape index (κ3) is 2.81. The van der Waals surface area contributed by atoms with Crippen molar-refractivity contribution in [3.63, 3.8) is 0 Å². The van der Waals surface area contributed by atoms with E-state index in [0.29, 0.717) is 13.1 Å². The second-order valence-electron chi connectivity index (χ2n) is 5.73. The van der Waals surface area contributed by atoms with Crippen molar-refractivity contribution in [3.05, 3.63) is 35.4 Å². The summed E-state index contributed by atoms with van der Waals surface area (Å²) in [4.78, 5) is 27.6. The van der Waals surface area contributed by atoms with Crippen molar-refractivity contribution in [2.75, 3.05) is 26.7 Å². The van der Waals surface area contributed by atoms with Gasteiger partial charge in [-0.05, 0) is 26.0 Å². The molecule has 0 spiro atoms. The molecule has 0 aliphatic carbocycles. The molecule has 1 saturated heterocycles.